The summed E-state index contributed by atoms with van der Waals surface area (Å²) in [4.78, 5) is 12.7. The Bertz CT molecular complexity index is 982. The highest BCUT2D eigenvalue weighted by Crippen LogP contribution is 2.30. The molecule has 0 bridgehead atoms. The first-order chi connectivity index (χ1) is 13.4. The molecule has 1 amide bonds. The summed E-state index contributed by atoms with van der Waals surface area (Å²) in [6.45, 7) is 4.75. The third-order valence-corrected chi connectivity index (χ3v) is 6.30. The van der Waals surface area contributed by atoms with Crippen LogP contribution in [-0.4, -0.2) is 43.4 Å². The number of nitrogens with zero attached hydrogens (tertiary/aromatic N) is 1. The lowest BCUT2D eigenvalue weighted by Crippen LogP contribution is -2.28. The van der Waals surface area contributed by atoms with Crippen LogP contribution in [0.1, 0.15) is 23.2 Å². The van der Waals surface area contributed by atoms with Crippen LogP contribution < -0.4 is 10.1 Å². The number of phenols is 1. The standard InChI is InChI=1S/C20H22N2O5S/c1-2-13-27-19-8-4-3-7-16(19)20(24)21-17-14-15(9-10-18(17)23)28(25,26)22-11-5-6-12-22/h2-4,7-10,14,23H,1,5-6,11-13H2,(H,21,24). The number of para-hydroxylation sites is 1. The summed E-state index contributed by atoms with van der Waals surface area (Å²) in [5, 5.41) is 12.7. The number of phenolic OH excluding ortho intramolecular Hbond substituents is 1. The van der Waals surface area contributed by atoms with Crippen molar-refractivity contribution in [1.82, 2.24) is 4.31 Å². The molecule has 0 aromatic heterocycles. The fourth-order valence-electron chi connectivity index (χ4n) is 2.97. The first kappa shape index (κ1) is 19.9. The van der Waals surface area contributed by atoms with Crippen LogP contribution in [0.25, 0.3) is 0 Å². The normalized spacial score (nSPS) is 14.6. The fourth-order valence-corrected chi connectivity index (χ4v) is 4.52. The van der Waals surface area contributed by atoms with Crippen molar-refractivity contribution in [3.8, 4) is 11.5 Å². The minimum absolute atomic E-state index is 0.0174. The smallest absolute Gasteiger partial charge is 0.259 e. The van der Waals surface area contributed by atoms with Gasteiger partial charge in [-0.1, -0.05) is 24.8 Å². The van der Waals surface area contributed by atoms with E-state index >= 15 is 0 Å². The second-order valence-electron chi connectivity index (χ2n) is 6.34. The average Bonchev–Trinajstić information content (AvgIpc) is 3.24. The van der Waals surface area contributed by atoms with Gasteiger partial charge in [-0.25, -0.2) is 8.42 Å². The highest BCUT2D eigenvalue weighted by molar-refractivity contribution is 7.89. The minimum atomic E-state index is -3.66. The van der Waals surface area contributed by atoms with Gasteiger partial charge >= 0.3 is 0 Å². The summed E-state index contributed by atoms with van der Waals surface area (Å²) in [7, 11) is -3.66. The first-order valence-electron chi connectivity index (χ1n) is 8.90. The number of carbonyl (C=O) groups is 1. The van der Waals surface area contributed by atoms with E-state index in [1.54, 1.807) is 30.3 Å². The van der Waals surface area contributed by atoms with Gasteiger partial charge in [-0.3, -0.25) is 4.79 Å². The molecule has 28 heavy (non-hydrogen) atoms. The Morgan fingerprint density at radius 3 is 2.64 bits per heavy atom. The van der Waals surface area contributed by atoms with Gasteiger partial charge in [0, 0.05) is 13.1 Å². The highest BCUT2D eigenvalue weighted by atomic mass is 32.2. The molecule has 0 saturated carbocycles. The van der Waals surface area contributed by atoms with Gasteiger partial charge in [-0.2, -0.15) is 4.31 Å². The highest BCUT2D eigenvalue weighted by Gasteiger charge is 2.28. The molecule has 0 atom stereocenters. The molecular formula is C20H22N2O5S. The number of anilines is 1. The first-order valence-corrected chi connectivity index (χ1v) is 10.3. The lowest BCUT2D eigenvalue weighted by Gasteiger charge is -2.17. The number of hydrogen-bond donors (Lipinski definition) is 2. The van der Waals surface area contributed by atoms with Crippen LogP contribution in [0, 0.1) is 0 Å². The van der Waals surface area contributed by atoms with E-state index in [0.717, 1.165) is 12.8 Å². The molecule has 2 aromatic rings. The fraction of sp³-hybridized carbons (Fsp3) is 0.250. The van der Waals surface area contributed by atoms with Gasteiger partial charge in [0.05, 0.1) is 16.1 Å². The number of aromatic hydroxyl groups is 1. The van der Waals surface area contributed by atoms with Crippen LogP contribution in [0.2, 0.25) is 0 Å². The number of benzene rings is 2. The molecule has 7 nitrogen and oxygen atoms in total. The van der Waals surface area contributed by atoms with E-state index in [9.17, 15) is 18.3 Å². The number of amides is 1. The van der Waals surface area contributed by atoms with E-state index < -0.39 is 15.9 Å². The van der Waals surface area contributed by atoms with Crippen molar-refractivity contribution in [2.45, 2.75) is 17.7 Å². The SMILES string of the molecule is C=CCOc1ccccc1C(=O)Nc1cc(S(=O)(=O)N2CCCC2)ccc1O. The Balaban J connectivity index is 1.87. The van der Waals surface area contributed by atoms with Crippen LogP contribution in [0.5, 0.6) is 11.5 Å². The quantitative estimate of drug-likeness (QED) is 0.548. The summed E-state index contributed by atoms with van der Waals surface area (Å²) in [5.74, 6) is -0.385. The number of hydrogen-bond acceptors (Lipinski definition) is 5. The predicted octanol–water partition coefficient (Wildman–Crippen LogP) is 2.99. The topological polar surface area (TPSA) is 95.9 Å². The molecule has 0 unspecified atom stereocenters. The van der Waals surface area contributed by atoms with Crippen molar-refractivity contribution in [3.63, 3.8) is 0 Å². The second-order valence-corrected chi connectivity index (χ2v) is 8.28. The van der Waals surface area contributed by atoms with Crippen LogP contribution in [0.4, 0.5) is 5.69 Å². The van der Waals surface area contributed by atoms with Crippen molar-refractivity contribution in [2.24, 2.45) is 0 Å². The molecule has 1 aliphatic rings. The van der Waals surface area contributed by atoms with Crippen LogP contribution in [-0.2, 0) is 10.0 Å². The van der Waals surface area contributed by atoms with Gasteiger partial charge in [-0.05, 0) is 43.2 Å². The lowest BCUT2D eigenvalue weighted by molar-refractivity contribution is 0.102. The van der Waals surface area contributed by atoms with Crippen molar-refractivity contribution < 1.29 is 23.1 Å². The Morgan fingerprint density at radius 2 is 1.93 bits per heavy atom. The van der Waals surface area contributed by atoms with Crippen LogP contribution in [0.15, 0.2) is 60.0 Å². The largest absolute Gasteiger partial charge is 0.506 e. The van der Waals surface area contributed by atoms with Gasteiger partial charge in [0.1, 0.15) is 18.1 Å². The maximum absolute atomic E-state index is 12.7. The minimum Gasteiger partial charge on any atom is -0.506 e. The van der Waals surface area contributed by atoms with Gasteiger partial charge in [-0.15, -0.1) is 0 Å². The molecule has 0 spiro atoms. The zero-order chi connectivity index (χ0) is 20.1. The Labute approximate surface area is 164 Å². The molecular weight excluding hydrogens is 380 g/mol. The van der Waals surface area contributed by atoms with Gasteiger partial charge in [0.15, 0.2) is 0 Å². The Morgan fingerprint density at radius 1 is 1.21 bits per heavy atom. The zero-order valence-corrected chi connectivity index (χ0v) is 16.1. The van der Waals surface area contributed by atoms with E-state index in [1.807, 2.05) is 0 Å². The number of nitrogens with one attached hydrogen (secondary N) is 1. The third-order valence-electron chi connectivity index (χ3n) is 4.41. The van der Waals surface area contributed by atoms with E-state index in [2.05, 4.69) is 11.9 Å². The number of ether oxygens (including phenoxy) is 1. The number of rotatable bonds is 7. The summed E-state index contributed by atoms with van der Waals surface area (Å²) in [5.41, 5.74) is 0.278. The molecule has 1 fully saturated rings. The molecule has 0 aliphatic carbocycles. The van der Waals surface area contributed by atoms with E-state index in [1.165, 1.54) is 22.5 Å². The molecule has 0 radical (unpaired) electrons. The zero-order valence-electron chi connectivity index (χ0n) is 15.3. The lowest BCUT2D eigenvalue weighted by atomic mass is 10.1. The summed E-state index contributed by atoms with van der Waals surface area (Å²) < 4.78 is 32.3. The molecule has 1 aliphatic heterocycles. The summed E-state index contributed by atoms with van der Waals surface area (Å²) in [6, 6.07) is 10.5. The van der Waals surface area contributed by atoms with Crippen LogP contribution >= 0.6 is 0 Å². The molecule has 2 N–H and O–H groups in total. The van der Waals surface area contributed by atoms with Crippen LogP contribution in [0.3, 0.4) is 0 Å². The Hall–Kier alpha value is -2.84. The van der Waals surface area contributed by atoms with Gasteiger partial charge < -0.3 is 15.2 Å². The molecule has 1 heterocycles. The van der Waals surface area contributed by atoms with E-state index in [4.69, 9.17) is 4.74 Å². The number of sulfonamides is 1. The molecule has 1 saturated heterocycles. The Kier molecular flexibility index (Phi) is 6.01. The third kappa shape index (κ3) is 4.18. The van der Waals surface area contributed by atoms with Gasteiger partial charge in [0.2, 0.25) is 10.0 Å². The molecule has 8 heteroatoms. The summed E-state index contributed by atoms with van der Waals surface area (Å²) >= 11 is 0. The van der Waals surface area contributed by atoms with Crippen molar-refractivity contribution in [2.75, 3.05) is 25.0 Å². The molecule has 3 rings (SSSR count). The predicted molar refractivity (Wildman–Crippen MR) is 106 cm³/mol. The van der Waals surface area contributed by atoms with Crippen molar-refractivity contribution in [3.05, 3.63) is 60.7 Å². The van der Waals surface area contributed by atoms with Crippen molar-refractivity contribution in [1.29, 1.82) is 0 Å². The van der Waals surface area contributed by atoms with Gasteiger partial charge in [0.25, 0.3) is 5.91 Å². The monoisotopic (exact) mass is 402 g/mol. The maximum Gasteiger partial charge on any atom is 0.259 e. The molecule has 2 aromatic carbocycles. The second kappa shape index (κ2) is 8.45. The van der Waals surface area contributed by atoms with E-state index in [-0.39, 0.29) is 28.5 Å². The maximum atomic E-state index is 12.7. The molecule has 148 valence electrons. The van der Waals surface area contributed by atoms with Crippen molar-refractivity contribution >= 4 is 21.6 Å². The van der Waals surface area contributed by atoms with E-state index in [0.29, 0.717) is 18.8 Å². The number of carbonyl (C=O) groups excluding carboxylic acids is 1. The summed E-state index contributed by atoms with van der Waals surface area (Å²) in [6.07, 6.45) is 3.21. The average molecular weight is 402 g/mol.